The number of benzene rings is 4. The van der Waals surface area contributed by atoms with E-state index in [9.17, 15) is 14.4 Å². The molecule has 2 heterocycles. The molecule has 0 radical (unpaired) electrons. The zero-order valence-electron chi connectivity index (χ0n) is 34.2. The van der Waals surface area contributed by atoms with E-state index in [0.717, 1.165) is 53.6 Å². The van der Waals surface area contributed by atoms with Gasteiger partial charge in [0, 0.05) is 12.5 Å². The van der Waals surface area contributed by atoms with E-state index in [4.69, 9.17) is 38.8 Å². The first-order valence-electron chi connectivity index (χ1n) is 20.0. The van der Waals surface area contributed by atoms with Crippen LogP contribution < -0.4 is 9.47 Å². The van der Waals surface area contributed by atoms with Gasteiger partial charge in [-0.15, -0.1) is 15.0 Å². The van der Waals surface area contributed by atoms with Gasteiger partial charge in [-0.25, -0.2) is 19.2 Å². The lowest BCUT2D eigenvalue weighted by molar-refractivity contribution is -0.497. The van der Waals surface area contributed by atoms with E-state index >= 15 is 0 Å². The molecule has 19 heteroatoms. The van der Waals surface area contributed by atoms with Crippen LogP contribution in [0, 0.1) is 0 Å². The average Bonchev–Trinajstić information content (AvgIpc) is 3.89. The Morgan fingerprint density at radius 1 is 0.823 bits per heavy atom. The van der Waals surface area contributed by atoms with Crippen LogP contribution in [0.1, 0.15) is 80.6 Å². The van der Waals surface area contributed by atoms with Crippen LogP contribution in [-0.2, 0) is 36.9 Å². The number of tetrazole rings is 1. The summed E-state index contributed by atoms with van der Waals surface area (Å²) in [5.41, 5.74) is 5.06. The fourth-order valence-electron chi connectivity index (χ4n) is 6.92. The van der Waals surface area contributed by atoms with Crippen LogP contribution in [0.5, 0.6) is 11.8 Å². The molecule has 1 fully saturated rings. The van der Waals surface area contributed by atoms with Gasteiger partial charge in [0.1, 0.15) is 11.9 Å². The highest BCUT2D eigenvalue weighted by Gasteiger charge is 2.25. The molecule has 1 saturated carbocycles. The maximum atomic E-state index is 13.6. The quantitative estimate of drug-likeness (QED) is 0.0309. The van der Waals surface area contributed by atoms with Gasteiger partial charge in [-0.3, -0.25) is 15.0 Å². The summed E-state index contributed by atoms with van der Waals surface area (Å²) in [5, 5.41) is 29.8. The number of carbonyl (C=O) groups excluding carboxylic acids is 3. The van der Waals surface area contributed by atoms with Gasteiger partial charge in [0.25, 0.3) is 6.01 Å². The lowest BCUT2D eigenvalue weighted by atomic mass is 9.98. The van der Waals surface area contributed by atoms with Gasteiger partial charge in [0.05, 0.1) is 41.7 Å². The first-order chi connectivity index (χ1) is 30.0. The molecule has 62 heavy (non-hydrogen) atoms. The minimum absolute atomic E-state index is 0.120. The van der Waals surface area contributed by atoms with Crippen molar-refractivity contribution < 1.29 is 58.1 Å². The molecule has 2 aromatic heterocycles. The number of para-hydroxylation sites is 1. The third-order valence-electron chi connectivity index (χ3n) is 9.84. The van der Waals surface area contributed by atoms with E-state index in [0.29, 0.717) is 47.1 Å². The second-order valence-corrected chi connectivity index (χ2v) is 14.2. The number of fused-ring (bicyclic) bond motifs is 1. The third kappa shape index (κ3) is 10.9. The molecule has 0 aliphatic heterocycles. The molecule has 0 bridgehead atoms. The summed E-state index contributed by atoms with van der Waals surface area (Å²) >= 11 is 0. The van der Waals surface area contributed by atoms with Gasteiger partial charge in [-0.2, -0.15) is 4.98 Å². The smallest absolute Gasteiger partial charge is 0.465 e. The maximum absolute atomic E-state index is 13.6. The molecule has 1 aliphatic rings. The number of hydrogen-bond donors (Lipinski definition) is 2. The van der Waals surface area contributed by atoms with E-state index < -0.39 is 36.2 Å². The van der Waals surface area contributed by atoms with Gasteiger partial charge in [0.2, 0.25) is 18.3 Å². The number of aromatic nitrogens is 6. The van der Waals surface area contributed by atoms with Crippen LogP contribution >= 0.6 is 0 Å². The van der Waals surface area contributed by atoms with Crippen molar-refractivity contribution in [2.75, 3.05) is 6.61 Å². The molecule has 0 saturated heterocycles. The lowest BCUT2D eigenvalue weighted by Gasteiger charge is -2.22. The first-order valence-corrected chi connectivity index (χ1v) is 20.0. The number of esters is 1. The molecule has 4 aromatic carbocycles. The molecule has 2 atom stereocenters. The second kappa shape index (κ2) is 20.1. The number of imidazole rings is 1. The van der Waals surface area contributed by atoms with Crippen LogP contribution in [0.15, 0.2) is 91.0 Å². The summed E-state index contributed by atoms with van der Waals surface area (Å²) in [7, 11) is 0. The van der Waals surface area contributed by atoms with Crippen molar-refractivity contribution in [3.8, 4) is 34.3 Å². The minimum atomic E-state index is -1.19. The molecular formula is C43H45N7O12. The molecule has 0 amide bonds. The molecule has 7 rings (SSSR count). The van der Waals surface area contributed by atoms with Gasteiger partial charge in [-0.1, -0.05) is 73.2 Å². The van der Waals surface area contributed by atoms with E-state index in [1.807, 2.05) is 55.5 Å². The summed E-state index contributed by atoms with van der Waals surface area (Å²) in [6, 6.07) is 26.9. The summed E-state index contributed by atoms with van der Waals surface area (Å²) < 4.78 is 34.6. The van der Waals surface area contributed by atoms with E-state index in [-0.39, 0.29) is 24.0 Å². The van der Waals surface area contributed by atoms with Crippen LogP contribution in [0.3, 0.4) is 0 Å². The summed E-state index contributed by atoms with van der Waals surface area (Å²) in [6.45, 7) is 5.38. The third-order valence-corrected chi connectivity index (χ3v) is 9.84. The largest absolute Gasteiger partial charge is 0.515 e. The molecule has 6 aromatic rings. The highest BCUT2D eigenvalue weighted by Crippen LogP contribution is 2.32. The molecule has 0 spiro atoms. The summed E-state index contributed by atoms with van der Waals surface area (Å²) in [5.74, 6) is -0.221. The van der Waals surface area contributed by atoms with Gasteiger partial charge >= 0.3 is 18.3 Å². The van der Waals surface area contributed by atoms with Crippen LogP contribution in [-0.4, -0.2) is 82.8 Å². The Hall–Kier alpha value is -6.93. The Morgan fingerprint density at radius 3 is 2.27 bits per heavy atom. The van der Waals surface area contributed by atoms with E-state index in [1.54, 1.807) is 41.8 Å². The normalized spacial score (nSPS) is 14.0. The topological polar surface area (TPSA) is 221 Å². The molecule has 2 unspecified atom stereocenters. The lowest BCUT2D eigenvalue weighted by Crippen LogP contribution is -2.26. The number of hydrogen-bond acceptors (Lipinski definition) is 17. The van der Waals surface area contributed by atoms with Gasteiger partial charge in [-0.05, 0) is 91.3 Å². The van der Waals surface area contributed by atoms with Crippen molar-refractivity contribution in [2.24, 2.45) is 0 Å². The number of rotatable bonds is 16. The number of carbonyl (C=O) groups is 3. The molecular weight excluding hydrogens is 807 g/mol. The molecule has 19 nitrogen and oxygen atoms in total. The highest BCUT2D eigenvalue weighted by atomic mass is 17.1. The zero-order valence-corrected chi connectivity index (χ0v) is 34.2. The SMILES string of the molecule is CCOc1nc2cccc(C(=O)OC(C)OC(=O)OC3CCCCC3)c2n1Cc1ccc(-c2ccccc2-c2nnn(C(C)OC(=O)Oc3ccc(CON(O)O)cc3)n2)cc1. The second-order valence-electron chi connectivity index (χ2n) is 14.2. The van der Waals surface area contributed by atoms with Crippen LogP contribution in [0.2, 0.25) is 0 Å². The Balaban J connectivity index is 1.02. The summed E-state index contributed by atoms with van der Waals surface area (Å²) in [6.07, 6.45) is 0.417. The predicted molar refractivity (Wildman–Crippen MR) is 216 cm³/mol. The predicted octanol–water partition coefficient (Wildman–Crippen LogP) is 8.04. The van der Waals surface area contributed by atoms with Crippen molar-refractivity contribution >= 4 is 29.3 Å². The minimum Gasteiger partial charge on any atom is -0.465 e. The first kappa shape index (κ1) is 43.2. The highest BCUT2D eigenvalue weighted by molar-refractivity contribution is 6.02. The Bertz CT molecular complexity index is 2470. The van der Waals surface area contributed by atoms with Gasteiger partial charge in [0.15, 0.2) is 0 Å². The Kier molecular flexibility index (Phi) is 14.0. The molecule has 1 aliphatic carbocycles. The fourth-order valence-corrected chi connectivity index (χ4v) is 6.92. The standard InChI is InChI=1S/C43H45N7O12/c1-4-56-41-44-37-16-10-15-36(40(51)59-28(3)60-43(53)61-32-11-6-5-7-12-32)38(37)48(41)25-29-17-21-31(22-18-29)34-13-8-9-14-35(34)39-45-47-49(46-39)27(2)58-42(52)62-33-23-19-30(20-24-33)26-57-50(54)55/h8-10,13-24,27-28,32,54-55H,4-7,11-12,25-26H2,1-3H3. The molecule has 324 valence electrons. The zero-order chi connectivity index (χ0) is 43.6. The average molecular weight is 852 g/mol. The Labute approximate surface area is 355 Å². The van der Waals surface area contributed by atoms with Gasteiger partial charge < -0.3 is 28.4 Å². The van der Waals surface area contributed by atoms with Crippen molar-refractivity contribution in [2.45, 2.75) is 84.6 Å². The number of ether oxygens (including phenoxy) is 6. The maximum Gasteiger partial charge on any atom is 0.515 e. The van der Waals surface area contributed by atoms with E-state index in [1.165, 1.54) is 19.1 Å². The summed E-state index contributed by atoms with van der Waals surface area (Å²) in [4.78, 5) is 48.9. The van der Waals surface area contributed by atoms with Crippen molar-refractivity contribution in [3.63, 3.8) is 0 Å². The number of nitrogens with zero attached hydrogens (tertiary/aromatic N) is 7. The fraction of sp³-hybridized carbons (Fsp3) is 0.326. The Morgan fingerprint density at radius 2 is 1.55 bits per heavy atom. The monoisotopic (exact) mass is 851 g/mol. The van der Waals surface area contributed by atoms with Crippen molar-refractivity contribution in [1.82, 2.24) is 35.1 Å². The van der Waals surface area contributed by atoms with E-state index in [2.05, 4.69) is 25.2 Å². The van der Waals surface area contributed by atoms with Crippen LogP contribution in [0.25, 0.3) is 33.5 Å². The van der Waals surface area contributed by atoms with Crippen molar-refractivity contribution in [1.29, 1.82) is 0 Å². The van der Waals surface area contributed by atoms with Crippen LogP contribution in [0.4, 0.5) is 9.59 Å². The van der Waals surface area contributed by atoms with Crippen molar-refractivity contribution in [3.05, 3.63) is 108 Å². The molecule has 2 N–H and O–H groups in total.